The summed E-state index contributed by atoms with van der Waals surface area (Å²) in [4.78, 5) is 11.7. The van der Waals surface area contributed by atoms with Crippen LogP contribution in [0.4, 0.5) is 0 Å². The Balaban J connectivity index is 3.49. The first-order valence-corrected chi connectivity index (χ1v) is 18.5. The summed E-state index contributed by atoms with van der Waals surface area (Å²) >= 11 is 0. The summed E-state index contributed by atoms with van der Waals surface area (Å²) in [5.74, 6) is -0.698. The molecule has 244 valence electrons. The third-order valence-corrected chi connectivity index (χ3v) is 8.37. The van der Waals surface area contributed by atoms with Crippen molar-refractivity contribution in [3.05, 3.63) is 48.6 Å². The highest BCUT2D eigenvalue weighted by Gasteiger charge is 2.16. The van der Waals surface area contributed by atoms with Gasteiger partial charge in [0.2, 0.25) is 0 Å². The second-order valence-corrected chi connectivity index (χ2v) is 12.5. The van der Waals surface area contributed by atoms with E-state index in [0.29, 0.717) is 0 Å². The Morgan fingerprint density at radius 1 is 0.452 bits per heavy atom. The molecule has 0 aliphatic carbocycles. The first-order valence-electron chi connectivity index (χ1n) is 18.5. The number of carboxylic acid groups (broad SMARTS) is 1. The molecule has 0 aromatic heterocycles. The summed E-state index contributed by atoms with van der Waals surface area (Å²) in [6.45, 7) is 4.45. The standard InChI is InChI=1S/C40H72O2/c1-3-5-7-9-11-13-15-17-19-21-22-24-26-28-30-32-34-36-38-39(40(41)42)37-35-33-31-29-27-25-23-20-18-16-14-12-10-8-6-4-2/h6,8,12,14,17-20,39H,3-5,7,9-11,13,15-16,21-38H2,1-2H3,(H,41,42). The highest BCUT2D eigenvalue weighted by atomic mass is 16.4. The van der Waals surface area contributed by atoms with E-state index in [1.807, 2.05) is 0 Å². The molecule has 0 aromatic carbocycles. The van der Waals surface area contributed by atoms with Gasteiger partial charge in [0.15, 0.2) is 0 Å². The van der Waals surface area contributed by atoms with Gasteiger partial charge in [-0.05, 0) is 70.6 Å². The maximum atomic E-state index is 11.7. The third kappa shape index (κ3) is 32.9. The molecule has 0 amide bonds. The zero-order valence-electron chi connectivity index (χ0n) is 28.4. The van der Waals surface area contributed by atoms with E-state index in [0.717, 1.165) is 44.9 Å². The Hall–Kier alpha value is -1.57. The van der Waals surface area contributed by atoms with E-state index in [4.69, 9.17) is 0 Å². The highest BCUT2D eigenvalue weighted by molar-refractivity contribution is 5.69. The van der Waals surface area contributed by atoms with Crippen molar-refractivity contribution in [2.75, 3.05) is 0 Å². The van der Waals surface area contributed by atoms with E-state index in [1.54, 1.807) is 0 Å². The van der Waals surface area contributed by atoms with Crippen molar-refractivity contribution in [2.45, 2.75) is 194 Å². The number of unbranched alkanes of at least 4 members (excludes halogenated alkanes) is 20. The molecular weight excluding hydrogens is 512 g/mol. The summed E-state index contributed by atoms with van der Waals surface area (Å²) in [7, 11) is 0. The lowest BCUT2D eigenvalue weighted by molar-refractivity contribution is -0.142. The smallest absolute Gasteiger partial charge is 0.306 e. The summed E-state index contributed by atoms with van der Waals surface area (Å²) in [6.07, 6.45) is 52.9. The lowest BCUT2D eigenvalue weighted by Crippen LogP contribution is -2.13. The molecule has 1 atom stereocenters. The first-order chi connectivity index (χ1) is 20.7. The molecule has 0 saturated carbocycles. The van der Waals surface area contributed by atoms with Crippen LogP contribution in [0.1, 0.15) is 194 Å². The molecule has 1 N–H and O–H groups in total. The van der Waals surface area contributed by atoms with E-state index in [2.05, 4.69) is 62.5 Å². The quantitative estimate of drug-likeness (QED) is 0.0615. The molecule has 2 nitrogen and oxygen atoms in total. The van der Waals surface area contributed by atoms with Gasteiger partial charge in [-0.15, -0.1) is 0 Å². The van der Waals surface area contributed by atoms with E-state index < -0.39 is 5.97 Å². The molecular formula is C40H72O2. The van der Waals surface area contributed by atoms with Gasteiger partial charge in [-0.2, -0.15) is 0 Å². The molecule has 0 heterocycles. The van der Waals surface area contributed by atoms with Gasteiger partial charge in [-0.25, -0.2) is 0 Å². The van der Waals surface area contributed by atoms with E-state index in [9.17, 15) is 9.90 Å². The molecule has 0 saturated heterocycles. The van der Waals surface area contributed by atoms with Crippen LogP contribution in [-0.2, 0) is 4.79 Å². The number of carboxylic acids is 1. The number of rotatable bonds is 33. The van der Waals surface area contributed by atoms with Gasteiger partial charge in [-0.3, -0.25) is 4.79 Å². The molecule has 2 heteroatoms. The molecule has 0 aromatic rings. The van der Waals surface area contributed by atoms with Crippen molar-refractivity contribution < 1.29 is 9.90 Å². The van der Waals surface area contributed by atoms with Crippen LogP contribution in [0, 0.1) is 5.92 Å². The number of hydrogen-bond donors (Lipinski definition) is 1. The molecule has 0 spiro atoms. The monoisotopic (exact) mass is 585 g/mol. The van der Waals surface area contributed by atoms with Crippen LogP contribution in [0.25, 0.3) is 0 Å². The van der Waals surface area contributed by atoms with E-state index in [-0.39, 0.29) is 5.92 Å². The maximum Gasteiger partial charge on any atom is 0.306 e. The molecule has 0 rings (SSSR count). The SMILES string of the molecule is CCC=CCC=CCC=CCCCCCCCCC(CCCCCCCCCCC=CCCCCCCCC)C(=O)O. The average molecular weight is 585 g/mol. The molecule has 0 aliphatic heterocycles. The van der Waals surface area contributed by atoms with Crippen LogP contribution in [-0.4, -0.2) is 11.1 Å². The van der Waals surface area contributed by atoms with Gasteiger partial charge in [0.25, 0.3) is 0 Å². The summed E-state index contributed by atoms with van der Waals surface area (Å²) in [5.41, 5.74) is 0. The Morgan fingerprint density at radius 3 is 1.19 bits per heavy atom. The van der Waals surface area contributed by atoms with Gasteiger partial charge in [-0.1, -0.05) is 172 Å². The van der Waals surface area contributed by atoms with Gasteiger partial charge in [0.05, 0.1) is 5.92 Å². The minimum absolute atomic E-state index is 0.124. The number of allylic oxidation sites excluding steroid dienone is 8. The van der Waals surface area contributed by atoms with Gasteiger partial charge >= 0.3 is 5.97 Å². The molecule has 0 bridgehead atoms. The molecule has 0 aliphatic rings. The highest BCUT2D eigenvalue weighted by Crippen LogP contribution is 2.20. The van der Waals surface area contributed by atoms with Crippen LogP contribution in [0.3, 0.4) is 0 Å². The molecule has 0 fully saturated rings. The summed E-state index contributed by atoms with van der Waals surface area (Å²) < 4.78 is 0. The fourth-order valence-corrected chi connectivity index (χ4v) is 5.57. The average Bonchev–Trinajstić information content (AvgIpc) is 2.99. The van der Waals surface area contributed by atoms with Crippen molar-refractivity contribution in [3.63, 3.8) is 0 Å². The van der Waals surface area contributed by atoms with Gasteiger partial charge in [0, 0.05) is 0 Å². The Kier molecular flexibility index (Phi) is 34.3. The fraction of sp³-hybridized carbons (Fsp3) is 0.775. The van der Waals surface area contributed by atoms with Gasteiger partial charge < -0.3 is 5.11 Å². The molecule has 0 radical (unpaired) electrons. The van der Waals surface area contributed by atoms with Crippen molar-refractivity contribution in [1.29, 1.82) is 0 Å². The third-order valence-electron chi connectivity index (χ3n) is 8.37. The van der Waals surface area contributed by atoms with Gasteiger partial charge in [0.1, 0.15) is 0 Å². The first kappa shape index (κ1) is 40.4. The van der Waals surface area contributed by atoms with Crippen LogP contribution in [0.2, 0.25) is 0 Å². The predicted molar refractivity (Wildman–Crippen MR) is 188 cm³/mol. The predicted octanol–water partition coefficient (Wildman–Crippen LogP) is 13.9. The second kappa shape index (κ2) is 35.6. The fourth-order valence-electron chi connectivity index (χ4n) is 5.57. The summed E-state index contributed by atoms with van der Waals surface area (Å²) in [6, 6.07) is 0. The second-order valence-electron chi connectivity index (χ2n) is 12.5. The lowest BCUT2D eigenvalue weighted by atomic mass is 9.94. The van der Waals surface area contributed by atoms with Crippen molar-refractivity contribution in [3.8, 4) is 0 Å². The summed E-state index contributed by atoms with van der Waals surface area (Å²) in [5, 5.41) is 9.62. The Bertz CT molecular complexity index is 657. The normalized spacial score (nSPS) is 13.0. The number of hydrogen-bond acceptors (Lipinski definition) is 1. The van der Waals surface area contributed by atoms with E-state index >= 15 is 0 Å². The van der Waals surface area contributed by atoms with Crippen LogP contribution in [0.5, 0.6) is 0 Å². The minimum Gasteiger partial charge on any atom is -0.481 e. The zero-order valence-corrected chi connectivity index (χ0v) is 28.4. The van der Waals surface area contributed by atoms with Crippen LogP contribution in [0.15, 0.2) is 48.6 Å². The van der Waals surface area contributed by atoms with E-state index in [1.165, 1.54) is 135 Å². The van der Waals surface area contributed by atoms with Crippen molar-refractivity contribution in [1.82, 2.24) is 0 Å². The topological polar surface area (TPSA) is 37.3 Å². The zero-order chi connectivity index (χ0) is 30.6. The number of carbonyl (C=O) groups is 1. The van der Waals surface area contributed by atoms with Crippen molar-refractivity contribution in [2.24, 2.45) is 5.92 Å². The Labute approximate surface area is 263 Å². The molecule has 1 unspecified atom stereocenters. The van der Waals surface area contributed by atoms with Crippen LogP contribution >= 0.6 is 0 Å². The number of aliphatic carboxylic acids is 1. The van der Waals surface area contributed by atoms with Crippen LogP contribution < -0.4 is 0 Å². The Morgan fingerprint density at radius 2 is 0.786 bits per heavy atom. The molecule has 42 heavy (non-hydrogen) atoms. The minimum atomic E-state index is -0.574. The van der Waals surface area contributed by atoms with Crippen molar-refractivity contribution >= 4 is 5.97 Å². The maximum absolute atomic E-state index is 11.7. The largest absolute Gasteiger partial charge is 0.481 e. The lowest BCUT2D eigenvalue weighted by Gasteiger charge is -2.12.